The summed E-state index contributed by atoms with van der Waals surface area (Å²) in [5, 5.41) is 19.0. The lowest BCUT2D eigenvalue weighted by Crippen LogP contribution is -2.29. The SMILES string of the molecule is [3H][C@@H]1CC(O[P@@](=O)(OCCS)OC[C@H]2O[C@@H]([3H])CC2O)[C@@H](CO)O1. The Morgan fingerprint density at radius 3 is 2.64 bits per heavy atom. The van der Waals surface area contributed by atoms with Crippen molar-refractivity contribution in [2.45, 2.75) is 37.3 Å². The third-order valence-corrected chi connectivity index (χ3v) is 4.91. The van der Waals surface area contributed by atoms with Crippen LogP contribution in [-0.2, 0) is 27.6 Å². The third-order valence-electron chi connectivity index (χ3n) is 3.23. The fourth-order valence-corrected chi connectivity index (χ4v) is 3.67. The first-order chi connectivity index (χ1) is 11.4. The lowest BCUT2D eigenvalue weighted by atomic mass is 10.2. The summed E-state index contributed by atoms with van der Waals surface area (Å²) >= 11 is 3.97. The highest BCUT2D eigenvalue weighted by atomic mass is 32.1. The number of thiol groups is 1. The van der Waals surface area contributed by atoms with Gasteiger partial charge in [-0.2, -0.15) is 12.6 Å². The zero-order valence-electron chi connectivity index (χ0n) is 13.9. The molecule has 22 heavy (non-hydrogen) atoms. The quantitative estimate of drug-likeness (QED) is 0.399. The van der Waals surface area contributed by atoms with Crippen molar-refractivity contribution in [3.05, 3.63) is 0 Å². The molecule has 0 amide bonds. The Balaban J connectivity index is 1.96. The summed E-state index contributed by atoms with van der Waals surface area (Å²) in [5.41, 5.74) is 0. The molecule has 0 bridgehead atoms. The predicted molar refractivity (Wildman–Crippen MR) is 80.0 cm³/mol. The Kier molecular flexibility index (Phi) is 6.44. The molecule has 0 radical (unpaired) electrons. The molecule has 0 aromatic rings. The van der Waals surface area contributed by atoms with E-state index in [9.17, 15) is 14.8 Å². The summed E-state index contributed by atoms with van der Waals surface area (Å²) in [6.07, 6.45) is -3.07. The largest absolute Gasteiger partial charge is 0.475 e. The number of rotatable bonds is 9. The van der Waals surface area contributed by atoms with Gasteiger partial charge >= 0.3 is 7.82 Å². The van der Waals surface area contributed by atoms with Gasteiger partial charge in [-0.15, -0.1) is 0 Å². The van der Waals surface area contributed by atoms with E-state index in [-0.39, 0.29) is 31.8 Å². The van der Waals surface area contributed by atoms with Crippen molar-refractivity contribution in [1.29, 1.82) is 0 Å². The summed E-state index contributed by atoms with van der Waals surface area (Å²) < 4.78 is 53.8. The Hall–Kier alpha value is 0.300. The summed E-state index contributed by atoms with van der Waals surface area (Å²) in [4.78, 5) is 0. The molecule has 0 aromatic heterocycles. The molecule has 130 valence electrons. The maximum Gasteiger partial charge on any atom is 0.475 e. The minimum absolute atomic E-state index is 0.00277. The zero-order valence-corrected chi connectivity index (χ0v) is 13.7. The lowest BCUT2D eigenvalue weighted by Gasteiger charge is -2.24. The van der Waals surface area contributed by atoms with Crippen LogP contribution in [0.1, 0.15) is 15.6 Å². The molecule has 0 spiro atoms. The minimum Gasteiger partial charge on any atom is -0.394 e. The van der Waals surface area contributed by atoms with Crippen molar-refractivity contribution < 1.29 is 40.6 Å². The summed E-state index contributed by atoms with van der Waals surface area (Å²) in [7, 11) is -4.04. The van der Waals surface area contributed by atoms with Gasteiger partial charge in [-0.05, 0) is 6.42 Å². The summed E-state index contributed by atoms with van der Waals surface area (Å²) in [6.45, 7) is -2.43. The van der Waals surface area contributed by atoms with Crippen LogP contribution in [0.2, 0.25) is 0 Å². The second kappa shape index (κ2) is 8.96. The second-order valence-electron chi connectivity index (χ2n) is 4.85. The highest BCUT2D eigenvalue weighted by molar-refractivity contribution is 7.80. The molecule has 2 fully saturated rings. The molecule has 2 heterocycles. The van der Waals surface area contributed by atoms with Gasteiger partial charge in [0.1, 0.15) is 18.3 Å². The number of phosphoric acid groups is 1. The van der Waals surface area contributed by atoms with Gasteiger partial charge in [-0.1, -0.05) is 0 Å². The molecule has 0 saturated carbocycles. The van der Waals surface area contributed by atoms with E-state index in [1.165, 1.54) is 0 Å². The number of hydrogen-bond acceptors (Lipinski definition) is 9. The van der Waals surface area contributed by atoms with Crippen LogP contribution in [0.5, 0.6) is 0 Å². The van der Waals surface area contributed by atoms with E-state index in [1.807, 2.05) is 0 Å². The first-order valence-electron chi connectivity index (χ1n) is 8.15. The van der Waals surface area contributed by atoms with Crippen molar-refractivity contribution in [3.8, 4) is 0 Å². The smallest absolute Gasteiger partial charge is 0.394 e. The first kappa shape index (κ1) is 15.8. The monoisotopic (exact) mass is 362 g/mol. The van der Waals surface area contributed by atoms with E-state index >= 15 is 0 Å². The standard InChI is InChI=1S/C12H23O8PS/c13-7-11-10(2-4-16-11)20-21(15,18-5-6-22)19-8-12-9(14)1-3-17-12/h9-14,22H,1-8H2/t9?,10?,11-,12-,21+/m1/s1/i3T,4T/t3-,4+,9?,10?,11+,12+,21-/m0. The Morgan fingerprint density at radius 2 is 2.00 bits per heavy atom. The van der Waals surface area contributed by atoms with Crippen LogP contribution < -0.4 is 0 Å². The van der Waals surface area contributed by atoms with Crippen molar-refractivity contribution in [1.82, 2.24) is 0 Å². The van der Waals surface area contributed by atoms with E-state index in [0.717, 1.165) is 0 Å². The van der Waals surface area contributed by atoms with Crippen molar-refractivity contribution in [2.24, 2.45) is 0 Å². The van der Waals surface area contributed by atoms with Crippen LogP contribution in [0.4, 0.5) is 0 Å². The van der Waals surface area contributed by atoms with Crippen LogP contribution in [-0.4, -0.2) is 73.4 Å². The first-order valence-corrected chi connectivity index (χ1v) is 9.09. The molecule has 2 aliphatic heterocycles. The third kappa shape index (κ3) is 5.15. The van der Waals surface area contributed by atoms with Gasteiger partial charge in [-0.3, -0.25) is 13.6 Å². The average Bonchev–Trinajstić information content (AvgIpc) is 3.04. The Morgan fingerprint density at radius 1 is 1.27 bits per heavy atom. The average molecular weight is 362 g/mol. The molecule has 2 saturated heterocycles. The lowest BCUT2D eigenvalue weighted by molar-refractivity contribution is -0.0238. The van der Waals surface area contributed by atoms with Gasteiger partial charge in [0.25, 0.3) is 0 Å². The normalized spacial score (nSPS) is 42.9. The number of aliphatic hydroxyl groups excluding tert-OH is 2. The van der Waals surface area contributed by atoms with Gasteiger partial charge in [0.2, 0.25) is 0 Å². The number of ether oxygens (including phenoxy) is 2. The molecule has 7 atom stereocenters. The molecule has 8 nitrogen and oxygen atoms in total. The molecule has 2 N–H and O–H groups in total. The van der Waals surface area contributed by atoms with Crippen LogP contribution >= 0.6 is 20.5 Å². The van der Waals surface area contributed by atoms with Crippen molar-refractivity contribution in [2.75, 3.05) is 38.7 Å². The highest BCUT2D eigenvalue weighted by Gasteiger charge is 2.39. The van der Waals surface area contributed by atoms with E-state index in [0.29, 0.717) is 0 Å². The van der Waals surface area contributed by atoms with Crippen molar-refractivity contribution >= 4 is 20.5 Å². The molecule has 2 aliphatic rings. The minimum atomic E-state index is -4.04. The zero-order chi connectivity index (χ0) is 17.7. The van der Waals surface area contributed by atoms with Gasteiger partial charge in [0.15, 0.2) is 0 Å². The molecular weight excluding hydrogens is 335 g/mol. The van der Waals surface area contributed by atoms with Gasteiger partial charge in [0.05, 0.1) is 28.7 Å². The van der Waals surface area contributed by atoms with E-state index in [2.05, 4.69) is 12.6 Å². The van der Waals surface area contributed by atoms with E-state index in [4.69, 9.17) is 25.8 Å². The molecule has 2 rings (SSSR count). The van der Waals surface area contributed by atoms with Crippen LogP contribution in [0.15, 0.2) is 0 Å². The van der Waals surface area contributed by atoms with Crippen LogP contribution in [0.3, 0.4) is 0 Å². The summed E-state index contributed by atoms with van der Waals surface area (Å²) in [6, 6.07) is 0. The Bertz CT molecular complexity index is 447. The number of aliphatic hydroxyl groups is 2. The molecule has 2 unspecified atom stereocenters. The number of hydrogen-bond donors (Lipinski definition) is 3. The van der Waals surface area contributed by atoms with Gasteiger partial charge in [0, 0.05) is 25.3 Å². The van der Waals surface area contributed by atoms with Crippen molar-refractivity contribution in [3.63, 3.8) is 0 Å². The fraction of sp³-hybridized carbons (Fsp3) is 1.00. The topological polar surface area (TPSA) is 104 Å². The molecular formula is C12H23O8PS. The fourth-order valence-electron chi connectivity index (χ4n) is 2.04. The van der Waals surface area contributed by atoms with E-state index < -0.39 is 52.0 Å². The maximum absolute atomic E-state index is 12.8. The maximum atomic E-state index is 12.8. The van der Waals surface area contributed by atoms with E-state index in [1.54, 1.807) is 0 Å². The van der Waals surface area contributed by atoms with Gasteiger partial charge in [-0.25, -0.2) is 4.57 Å². The van der Waals surface area contributed by atoms with Crippen LogP contribution in [0, 0.1) is 0 Å². The second-order valence-corrected chi connectivity index (χ2v) is 6.92. The predicted octanol–water partition coefficient (Wildman–Crippen LogP) is 0.374. The highest BCUT2D eigenvalue weighted by Crippen LogP contribution is 2.52. The number of phosphoric ester groups is 1. The van der Waals surface area contributed by atoms with Gasteiger partial charge < -0.3 is 19.7 Å². The molecule has 0 aliphatic carbocycles. The van der Waals surface area contributed by atoms with Crippen LogP contribution in [0.25, 0.3) is 0 Å². The summed E-state index contributed by atoms with van der Waals surface area (Å²) in [5.74, 6) is 0.278. The molecule has 10 heteroatoms. The Labute approximate surface area is 137 Å². The molecule has 0 aromatic carbocycles.